The molecule has 166 valence electrons. The molecule has 10 nitrogen and oxygen atoms in total. The van der Waals surface area contributed by atoms with Gasteiger partial charge in [-0.15, -0.1) is 0 Å². The van der Waals surface area contributed by atoms with Crippen molar-refractivity contribution in [2.24, 2.45) is 0 Å². The van der Waals surface area contributed by atoms with Gasteiger partial charge in [0.15, 0.2) is 17.2 Å². The predicted molar refractivity (Wildman–Crippen MR) is 110 cm³/mol. The molecule has 4 amide bonds. The molecule has 0 bridgehead atoms. The molecule has 2 aliphatic heterocycles. The molecule has 0 spiro atoms. The number of rotatable bonds is 4. The molecular formula is C22H21N3O7. The first-order valence-electron chi connectivity index (χ1n) is 10.0. The third-order valence-corrected chi connectivity index (χ3v) is 5.64. The van der Waals surface area contributed by atoms with Crippen LogP contribution in [0.1, 0.15) is 43.9 Å². The van der Waals surface area contributed by atoms with Crippen molar-refractivity contribution in [1.29, 1.82) is 0 Å². The monoisotopic (exact) mass is 439 g/mol. The first-order valence-corrected chi connectivity index (χ1v) is 10.0. The molecule has 0 aliphatic carbocycles. The molecule has 0 aromatic heterocycles. The van der Waals surface area contributed by atoms with Crippen molar-refractivity contribution < 1.29 is 34.5 Å². The Balaban J connectivity index is 1.31. The van der Waals surface area contributed by atoms with Gasteiger partial charge >= 0.3 is 0 Å². The van der Waals surface area contributed by atoms with Crippen LogP contribution in [0.25, 0.3) is 0 Å². The number of benzene rings is 2. The minimum Gasteiger partial charge on any atom is -0.504 e. The smallest absolute Gasteiger partial charge is 0.262 e. The topological polar surface area (TPSA) is 147 Å². The van der Waals surface area contributed by atoms with Gasteiger partial charge in [0.05, 0.1) is 11.1 Å². The summed E-state index contributed by atoms with van der Waals surface area (Å²) in [6, 6.07) is 8.33. The fraction of sp³-hybridized carbons (Fsp3) is 0.273. The fourth-order valence-corrected chi connectivity index (χ4v) is 3.94. The highest BCUT2D eigenvalue weighted by Crippen LogP contribution is 2.35. The fourth-order valence-electron chi connectivity index (χ4n) is 3.94. The highest BCUT2D eigenvalue weighted by atomic mass is 16.3. The van der Waals surface area contributed by atoms with E-state index in [-0.39, 0.29) is 29.3 Å². The molecule has 10 heteroatoms. The SMILES string of the molecule is O=C(CN1C(=O)c2ccccc2C1=O)NC1CCN(C(=O)c2cc(O)c(O)c(O)c2)CC1. The van der Waals surface area contributed by atoms with Crippen LogP contribution in [0.5, 0.6) is 17.2 Å². The Labute approximate surface area is 182 Å². The Kier molecular flexibility index (Phi) is 5.43. The quantitative estimate of drug-likeness (QED) is 0.407. The zero-order chi connectivity index (χ0) is 23.0. The summed E-state index contributed by atoms with van der Waals surface area (Å²) in [5.41, 5.74) is 0.595. The summed E-state index contributed by atoms with van der Waals surface area (Å²) in [5, 5.41) is 31.4. The van der Waals surface area contributed by atoms with Crippen LogP contribution in [0, 0.1) is 0 Å². The lowest BCUT2D eigenvalue weighted by Crippen LogP contribution is -2.49. The van der Waals surface area contributed by atoms with E-state index < -0.39 is 40.9 Å². The molecule has 0 radical (unpaired) electrons. The van der Waals surface area contributed by atoms with E-state index in [0.29, 0.717) is 25.9 Å². The van der Waals surface area contributed by atoms with E-state index in [2.05, 4.69) is 5.32 Å². The average Bonchev–Trinajstić information content (AvgIpc) is 3.02. The first kappa shape index (κ1) is 21.2. The number of carbonyl (C=O) groups excluding carboxylic acids is 4. The molecular weight excluding hydrogens is 418 g/mol. The van der Waals surface area contributed by atoms with Crippen molar-refractivity contribution in [3.8, 4) is 17.2 Å². The number of piperidine rings is 1. The third kappa shape index (κ3) is 3.82. The number of phenolic OH excluding ortho intramolecular Hbond substituents is 3. The summed E-state index contributed by atoms with van der Waals surface area (Å²) >= 11 is 0. The number of carbonyl (C=O) groups is 4. The number of hydrogen-bond donors (Lipinski definition) is 4. The van der Waals surface area contributed by atoms with Crippen molar-refractivity contribution in [3.63, 3.8) is 0 Å². The van der Waals surface area contributed by atoms with E-state index in [4.69, 9.17) is 0 Å². The largest absolute Gasteiger partial charge is 0.504 e. The second kappa shape index (κ2) is 8.22. The Morgan fingerprint density at radius 1 is 0.938 bits per heavy atom. The summed E-state index contributed by atoms with van der Waals surface area (Å²) in [6.07, 6.45) is 0.908. The van der Waals surface area contributed by atoms with E-state index >= 15 is 0 Å². The van der Waals surface area contributed by atoms with Gasteiger partial charge in [0.2, 0.25) is 5.91 Å². The maximum absolute atomic E-state index is 12.6. The number of likely N-dealkylation sites (tertiary alicyclic amines) is 1. The van der Waals surface area contributed by atoms with Gasteiger partial charge in [-0.05, 0) is 37.1 Å². The van der Waals surface area contributed by atoms with Crippen LogP contribution in [0.15, 0.2) is 36.4 Å². The third-order valence-electron chi connectivity index (χ3n) is 5.64. The van der Waals surface area contributed by atoms with Crippen molar-refractivity contribution in [2.75, 3.05) is 19.6 Å². The lowest BCUT2D eigenvalue weighted by Gasteiger charge is -2.32. The van der Waals surface area contributed by atoms with Gasteiger partial charge in [0.25, 0.3) is 17.7 Å². The number of fused-ring (bicyclic) bond motifs is 1. The second-order valence-corrected chi connectivity index (χ2v) is 7.74. The number of aromatic hydroxyl groups is 3. The van der Waals surface area contributed by atoms with Crippen LogP contribution in [0.2, 0.25) is 0 Å². The molecule has 2 aromatic carbocycles. The van der Waals surface area contributed by atoms with Gasteiger partial charge in [-0.2, -0.15) is 0 Å². The summed E-state index contributed by atoms with van der Waals surface area (Å²) < 4.78 is 0. The Hall–Kier alpha value is -4.08. The van der Waals surface area contributed by atoms with E-state index in [1.54, 1.807) is 24.3 Å². The Morgan fingerprint density at radius 2 is 1.47 bits per heavy atom. The van der Waals surface area contributed by atoms with Gasteiger partial charge in [-0.25, -0.2) is 0 Å². The van der Waals surface area contributed by atoms with Crippen molar-refractivity contribution in [2.45, 2.75) is 18.9 Å². The van der Waals surface area contributed by atoms with E-state index in [1.165, 1.54) is 4.90 Å². The maximum atomic E-state index is 12.6. The Morgan fingerprint density at radius 3 is 2.00 bits per heavy atom. The Bertz CT molecular complexity index is 1060. The summed E-state index contributed by atoms with van der Waals surface area (Å²) in [4.78, 5) is 52.2. The lowest BCUT2D eigenvalue weighted by molar-refractivity contribution is -0.122. The molecule has 32 heavy (non-hydrogen) atoms. The minimum absolute atomic E-state index is 0.0332. The molecule has 1 fully saturated rings. The van der Waals surface area contributed by atoms with E-state index in [9.17, 15) is 34.5 Å². The minimum atomic E-state index is -0.693. The summed E-state index contributed by atoms with van der Waals surface area (Å²) in [6.45, 7) is 0.260. The second-order valence-electron chi connectivity index (χ2n) is 7.74. The standard InChI is InChI=1S/C22H21N3O7/c26-16-9-12(10-17(27)19(16)29)20(30)24-7-5-13(6-8-24)23-18(28)11-25-21(31)14-3-1-2-4-15(14)22(25)32/h1-4,9-10,13,26-27,29H,5-8,11H2,(H,23,28). The molecule has 0 atom stereocenters. The molecule has 1 saturated heterocycles. The van der Waals surface area contributed by atoms with Crippen LogP contribution < -0.4 is 5.32 Å². The van der Waals surface area contributed by atoms with Crippen molar-refractivity contribution in [3.05, 3.63) is 53.1 Å². The van der Waals surface area contributed by atoms with Gasteiger partial charge < -0.3 is 25.5 Å². The van der Waals surface area contributed by atoms with Gasteiger partial charge in [-0.1, -0.05) is 12.1 Å². The van der Waals surface area contributed by atoms with Crippen LogP contribution in [-0.4, -0.2) is 74.4 Å². The maximum Gasteiger partial charge on any atom is 0.262 e. The van der Waals surface area contributed by atoms with Crippen LogP contribution in [-0.2, 0) is 4.79 Å². The number of hydrogen-bond acceptors (Lipinski definition) is 7. The van der Waals surface area contributed by atoms with Crippen molar-refractivity contribution >= 4 is 23.6 Å². The zero-order valence-electron chi connectivity index (χ0n) is 16.9. The number of amides is 4. The molecule has 2 heterocycles. The van der Waals surface area contributed by atoms with Crippen molar-refractivity contribution in [1.82, 2.24) is 15.1 Å². The highest BCUT2D eigenvalue weighted by molar-refractivity contribution is 6.22. The molecule has 4 N–H and O–H groups in total. The number of imide groups is 1. The van der Waals surface area contributed by atoms with E-state index in [0.717, 1.165) is 17.0 Å². The molecule has 4 rings (SSSR count). The first-order chi connectivity index (χ1) is 15.3. The van der Waals surface area contributed by atoms with Gasteiger partial charge in [0.1, 0.15) is 6.54 Å². The van der Waals surface area contributed by atoms with Crippen LogP contribution >= 0.6 is 0 Å². The number of nitrogens with zero attached hydrogens (tertiary/aromatic N) is 2. The highest BCUT2D eigenvalue weighted by Gasteiger charge is 2.36. The zero-order valence-corrected chi connectivity index (χ0v) is 16.9. The molecule has 0 saturated carbocycles. The molecule has 0 unspecified atom stereocenters. The van der Waals surface area contributed by atoms with Gasteiger partial charge in [-0.3, -0.25) is 24.1 Å². The number of phenols is 3. The molecule has 2 aliphatic rings. The lowest BCUT2D eigenvalue weighted by atomic mass is 10.0. The predicted octanol–water partition coefficient (Wildman–Crippen LogP) is 0.820. The summed E-state index contributed by atoms with van der Waals surface area (Å²) in [5.74, 6) is -3.76. The molecule has 2 aromatic rings. The van der Waals surface area contributed by atoms with Gasteiger partial charge in [0, 0.05) is 24.7 Å². The normalized spacial score (nSPS) is 16.2. The number of nitrogens with one attached hydrogen (secondary N) is 1. The average molecular weight is 439 g/mol. The summed E-state index contributed by atoms with van der Waals surface area (Å²) in [7, 11) is 0. The van der Waals surface area contributed by atoms with E-state index in [1.807, 2.05) is 0 Å². The van der Waals surface area contributed by atoms with Crippen LogP contribution in [0.4, 0.5) is 0 Å². The van der Waals surface area contributed by atoms with Crippen LogP contribution in [0.3, 0.4) is 0 Å².